The molecule has 1 aliphatic carbocycles. The van der Waals surface area contributed by atoms with E-state index in [4.69, 9.17) is 9.15 Å². The number of hydrogen-bond donors (Lipinski definition) is 0. The summed E-state index contributed by atoms with van der Waals surface area (Å²) >= 11 is 0. The molecule has 2 nitrogen and oxygen atoms in total. The van der Waals surface area contributed by atoms with Crippen molar-refractivity contribution in [3.63, 3.8) is 0 Å². The lowest BCUT2D eigenvalue weighted by atomic mass is 10.0. The Kier molecular flexibility index (Phi) is 4.66. The maximum Gasteiger partial charge on any atom is 0.208 e. The first-order valence-corrected chi connectivity index (χ1v) is 9.36. The molecule has 0 aliphatic heterocycles. The monoisotopic (exact) mass is 356 g/mol. The fourth-order valence-electron chi connectivity index (χ4n) is 3.63. The van der Waals surface area contributed by atoms with Gasteiger partial charge in [-0.1, -0.05) is 31.9 Å². The Morgan fingerprint density at radius 3 is 2.50 bits per heavy atom. The van der Waals surface area contributed by atoms with Gasteiger partial charge in [-0.05, 0) is 49.5 Å². The van der Waals surface area contributed by atoms with Crippen molar-refractivity contribution < 1.29 is 17.9 Å². The maximum absolute atomic E-state index is 15.0. The van der Waals surface area contributed by atoms with Crippen molar-refractivity contribution in [2.24, 2.45) is 0 Å². The van der Waals surface area contributed by atoms with Crippen LogP contribution >= 0.6 is 0 Å². The minimum Gasteiger partial charge on any atom is -0.490 e. The van der Waals surface area contributed by atoms with E-state index in [1.165, 1.54) is 0 Å². The van der Waals surface area contributed by atoms with Crippen LogP contribution < -0.4 is 4.74 Å². The number of fused-ring (bicyclic) bond motifs is 3. The van der Waals surface area contributed by atoms with Gasteiger partial charge in [0.1, 0.15) is 0 Å². The Bertz CT molecular complexity index is 985. The van der Waals surface area contributed by atoms with E-state index >= 15 is 0 Å². The SMILES string of the molecule is CCCCCOc1ccc2c(oc3c(F)c(C4=CCCC4)ccc32)c1F. The van der Waals surface area contributed by atoms with Gasteiger partial charge < -0.3 is 9.15 Å². The van der Waals surface area contributed by atoms with Crippen molar-refractivity contribution in [1.29, 1.82) is 0 Å². The lowest BCUT2D eigenvalue weighted by Crippen LogP contribution is -1.99. The van der Waals surface area contributed by atoms with E-state index in [1.807, 2.05) is 6.07 Å². The molecule has 4 heteroatoms. The van der Waals surface area contributed by atoms with Crippen molar-refractivity contribution >= 4 is 27.5 Å². The van der Waals surface area contributed by atoms with Crippen LogP contribution in [0.3, 0.4) is 0 Å². The van der Waals surface area contributed by atoms with Gasteiger partial charge in [-0.15, -0.1) is 0 Å². The minimum absolute atomic E-state index is 0.0597. The molecule has 0 amide bonds. The van der Waals surface area contributed by atoms with Crippen LogP contribution in [-0.4, -0.2) is 6.61 Å². The van der Waals surface area contributed by atoms with Crippen LogP contribution in [0.25, 0.3) is 27.5 Å². The Balaban J connectivity index is 1.75. The van der Waals surface area contributed by atoms with Crippen LogP contribution in [0.1, 0.15) is 51.0 Å². The molecular weight excluding hydrogens is 334 g/mol. The first-order chi connectivity index (χ1) is 12.7. The van der Waals surface area contributed by atoms with Gasteiger partial charge >= 0.3 is 0 Å². The molecule has 0 unspecified atom stereocenters. The first kappa shape index (κ1) is 17.1. The molecule has 1 heterocycles. The Hall–Kier alpha value is -2.36. The fraction of sp³-hybridized carbons (Fsp3) is 0.364. The van der Waals surface area contributed by atoms with Gasteiger partial charge in [0.05, 0.1) is 6.61 Å². The Morgan fingerprint density at radius 1 is 1.00 bits per heavy atom. The topological polar surface area (TPSA) is 22.4 Å². The zero-order valence-corrected chi connectivity index (χ0v) is 14.9. The maximum atomic E-state index is 15.0. The number of unbranched alkanes of at least 4 members (excludes halogenated alkanes) is 2. The number of furan rings is 1. The molecule has 0 fully saturated rings. The van der Waals surface area contributed by atoms with Crippen LogP contribution in [0.2, 0.25) is 0 Å². The number of rotatable bonds is 6. The molecule has 0 atom stereocenters. The molecular formula is C22H22F2O2. The zero-order chi connectivity index (χ0) is 18.1. The van der Waals surface area contributed by atoms with Crippen molar-refractivity contribution in [2.75, 3.05) is 6.61 Å². The number of ether oxygens (including phenoxy) is 1. The van der Waals surface area contributed by atoms with Gasteiger partial charge in [-0.25, -0.2) is 4.39 Å². The van der Waals surface area contributed by atoms with E-state index in [2.05, 4.69) is 13.0 Å². The summed E-state index contributed by atoms with van der Waals surface area (Å²) in [4.78, 5) is 0. The second-order valence-corrected chi connectivity index (χ2v) is 6.84. The summed E-state index contributed by atoms with van der Waals surface area (Å²) in [6.07, 6.45) is 7.94. The van der Waals surface area contributed by atoms with E-state index in [1.54, 1.807) is 18.2 Å². The third-order valence-corrected chi connectivity index (χ3v) is 5.05. The van der Waals surface area contributed by atoms with E-state index in [-0.39, 0.29) is 16.9 Å². The number of hydrogen-bond acceptors (Lipinski definition) is 2. The molecule has 0 bridgehead atoms. The summed E-state index contributed by atoms with van der Waals surface area (Å²) < 4.78 is 41.0. The minimum atomic E-state index is -0.559. The van der Waals surface area contributed by atoms with Gasteiger partial charge in [-0.3, -0.25) is 0 Å². The molecule has 2 aromatic carbocycles. The highest BCUT2D eigenvalue weighted by Crippen LogP contribution is 2.39. The molecule has 0 spiro atoms. The Morgan fingerprint density at radius 2 is 1.77 bits per heavy atom. The van der Waals surface area contributed by atoms with Crippen LogP contribution in [0.15, 0.2) is 34.8 Å². The highest BCUT2D eigenvalue weighted by atomic mass is 19.1. The van der Waals surface area contributed by atoms with Gasteiger partial charge in [0.25, 0.3) is 0 Å². The smallest absolute Gasteiger partial charge is 0.208 e. The molecule has 3 aromatic rings. The summed E-state index contributed by atoms with van der Waals surface area (Å²) in [5, 5.41) is 1.17. The largest absolute Gasteiger partial charge is 0.490 e. The van der Waals surface area contributed by atoms with Crippen LogP contribution in [0, 0.1) is 11.6 Å². The van der Waals surface area contributed by atoms with Gasteiger partial charge in [0, 0.05) is 16.3 Å². The molecule has 0 saturated heterocycles. The Labute approximate surface area is 151 Å². The zero-order valence-electron chi connectivity index (χ0n) is 14.9. The lowest BCUT2D eigenvalue weighted by Gasteiger charge is -2.06. The third kappa shape index (κ3) is 2.87. The van der Waals surface area contributed by atoms with Crippen molar-refractivity contribution in [1.82, 2.24) is 0 Å². The summed E-state index contributed by atoms with van der Waals surface area (Å²) in [6, 6.07) is 6.94. The van der Waals surface area contributed by atoms with Crippen LogP contribution in [0.5, 0.6) is 5.75 Å². The number of benzene rings is 2. The normalized spacial score (nSPS) is 14.3. The molecule has 4 rings (SSSR count). The quantitative estimate of drug-likeness (QED) is 0.444. The molecule has 1 aromatic heterocycles. The molecule has 0 saturated carbocycles. The summed E-state index contributed by atoms with van der Waals surface area (Å²) in [5.74, 6) is -0.806. The summed E-state index contributed by atoms with van der Waals surface area (Å²) in [6.45, 7) is 2.56. The van der Waals surface area contributed by atoms with Crippen molar-refractivity contribution in [3.05, 3.63) is 47.5 Å². The highest BCUT2D eigenvalue weighted by Gasteiger charge is 2.21. The average Bonchev–Trinajstić information content (AvgIpc) is 3.29. The first-order valence-electron chi connectivity index (χ1n) is 9.36. The summed E-state index contributed by atoms with van der Waals surface area (Å²) in [5.41, 5.74) is 1.74. The molecule has 136 valence electrons. The lowest BCUT2D eigenvalue weighted by molar-refractivity contribution is 0.291. The second-order valence-electron chi connectivity index (χ2n) is 6.84. The predicted octanol–water partition coefficient (Wildman–Crippen LogP) is 7.00. The molecule has 0 N–H and O–H groups in total. The fourth-order valence-corrected chi connectivity index (χ4v) is 3.63. The van der Waals surface area contributed by atoms with E-state index in [0.29, 0.717) is 22.9 Å². The van der Waals surface area contributed by atoms with Gasteiger partial charge in [-0.2, -0.15) is 4.39 Å². The van der Waals surface area contributed by atoms with Gasteiger partial charge in [0.2, 0.25) is 5.82 Å². The third-order valence-electron chi connectivity index (χ3n) is 5.05. The van der Waals surface area contributed by atoms with Gasteiger partial charge in [0.15, 0.2) is 22.7 Å². The predicted molar refractivity (Wildman–Crippen MR) is 100 cm³/mol. The van der Waals surface area contributed by atoms with E-state index < -0.39 is 11.6 Å². The highest BCUT2D eigenvalue weighted by molar-refractivity contribution is 6.06. The molecule has 1 aliphatic rings. The standard InChI is InChI=1S/C22H22F2O2/c1-2-3-6-13-25-18-12-11-17-16-10-9-15(14-7-4-5-8-14)19(23)21(16)26-22(17)20(18)24/h7,9-12H,2-6,8,13H2,1H3. The number of halogens is 2. The van der Waals surface area contributed by atoms with Crippen LogP contribution in [-0.2, 0) is 0 Å². The second kappa shape index (κ2) is 7.10. The van der Waals surface area contributed by atoms with E-state index in [9.17, 15) is 8.78 Å². The van der Waals surface area contributed by atoms with E-state index in [0.717, 1.165) is 44.1 Å². The summed E-state index contributed by atoms with van der Waals surface area (Å²) in [7, 11) is 0. The van der Waals surface area contributed by atoms with Crippen molar-refractivity contribution in [3.8, 4) is 5.75 Å². The number of allylic oxidation sites excluding steroid dienone is 2. The van der Waals surface area contributed by atoms with Crippen LogP contribution in [0.4, 0.5) is 8.78 Å². The molecule has 0 radical (unpaired) electrons. The molecule has 26 heavy (non-hydrogen) atoms. The van der Waals surface area contributed by atoms with Crippen molar-refractivity contribution in [2.45, 2.75) is 45.4 Å². The average molecular weight is 356 g/mol.